The van der Waals surface area contributed by atoms with E-state index in [2.05, 4.69) is 0 Å². The third kappa shape index (κ3) is 3.80. The monoisotopic (exact) mass is 415 g/mol. The highest BCUT2D eigenvalue weighted by molar-refractivity contribution is 7.94. The van der Waals surface area contributed by atoms with E-state index in [4.69, 9.17) is 10.00 Å². The lowest BCUT2D eigenvalue weighted by molar-refractivity contribution is -0.385. The van der Waals surface area contributed by atoms with Gasteiger partial charge in [0.25, 0.3) is 10.0 Å². The first-order chi connectivity index (χ1) is 13.3. The van der Waals surface area contributed by atoms with Crippen molar-refractivity contribution in [1.82, 2.24) is 0 Å². The molecule has 0 bridgehead atoms. The summed E-state index contributed by atoms with van der Waals surface area (Å²) >= 11 is 1.12. The van der Waals surface area contributed by atoms with Gasteiger partial charge < -0.3 is 4.74 Å². The van der Waals surface area contributed by atoms with Gasteiger partial charge in [-0.2, -0.15) is 5.26 Å². The number of ether oxygens (including phenoxy) is 1. The van der Waals surface area contributed by atoms with Crippen molar-refractivity contribution in [3.63, 3.8) is 0 Å². The van der Waals surface area contributed by atoms with Gasteiger partial charge in [-0.05, 0) is 41.8 Å². The molecule has 0 atom stereocenters. The van der Waals surface area contributed by atoms with Crippen molar-refractivity contribution in [1.29, 1.82) is 5.26 Å². The number of sulfonamides is 1. The summed E-state index contributed by atoms with van der Waals surface area (Å²) in [6, 6.07) is 14.9. The van der Waals surface area contributed by atoms with Crippen LogP contribution in [0.5, 0.6) is 11.5 Å². The number of rotatable bonds is 6. The summed E-state index contributed by atoms with van der Waals surface area (Å²) in [6.07, 6.45) is 0. The molecule has 0 saturated heterocycles. The molecule has 0 spiro atoms. The molecule has 0 N–H and O–H groups in total. The third-order valence-corrected chi connectivity index (χ3v) is 6.98. The number of nitrogens with zero attached hydrogens (tertiary/aromatic N) is 3. The normalized spacial score (nSPS) is 10.9. The van der Waals surface area contributed by atoms with Gasteiger partial charge in [-0.25, -0.2) is 8.42 Å². The lowest BCUT2D eigenvalue weighted by Crippen LogP contribution is -2.25. The summed E-state index contributed by atoms with van der Waals surface area (Å²) in [7, 11) is -2.23. The van der Waals surface area contributed by atoms with E-state index in [1.807, 2.05) is 6.07 Å². The zero-order valence-electron chi connectivity index (χ0n) is 14.5. The average Bonchev–Trinajstić information content (AvgIpc) is 3.23. The van der Waals surface area contributed by atoms with Crippen LogP contribution in [0.15, 0.2) is 64.2 Å². The van der Waals surface area contributed by atoms with Crippen molar-refractivity contribution >= 4 is 32.7 Å². The minimum absolute atomic E-state index is 0.0728. The van der Waals surface area contributed by atoms with Gasteiger partial charge in [0.05, 0.1) is 22.2 Å². The van der Waals surface area contributed by atoms with Crippen molar-refractivity contribution in [2.75, 3.05) is 11.4 Å². The Hall–Kier alpha value is -3.42. The van der Waals surface area contributed by atoms with Crippen LogP contribution in [0.25, 0.3) is 0 Å². The SMILES string of the molecule is CN(c1ccc(Oc2cc(C#N)ccc2[N+](=O)[O-])cc1)S(=O)(=O)c1cccs1. The standard InChI is InChI=1S/C18H13N3O5S2/c1-20(28(24,25)18-3-2-10-27-18)14-5-7-15(8-6-14)26-17-11-13(12-19)4-9-16(17)21(22)23/h2-11H,1H3. The van der Waals surface area contributed by atoms with Crippen LogP contribution in [-0.2, 0) is 10.0 Å². The van der Waals surface area contributed by atoms with Gasteiger partial charge in [0, 0.05) is 19.2 Å². The maximum absolute atomic E-state index is 12.6. The Morgan fingerprint density at radius 2 is 1.89 bits per heavy atom. The lowest BCUT2D eigenvalue weighted by Gasteiger charge is -2.18. The first-order valence-electron chi connectivity index (χ1n) is 7.82. The molecular formula is C18H13N3O5S2. The van der Waals surface area contributed by atoms with Crippen molar-refractivity contribution < 1.29 is 18.1 Å². The van der Waals surface area contributed by atoms with Crippen LogP contribution < -0.4 is 9.04 Å². The molecule has 142 valence electrons. The molecule has 0 aliphatic heterocycles. The van der Waals surface area contributed by atoms with E-state index in [1.165, 1.54) is 55.6 Å². The second kappa shape index (κ2) is 7.67. The van der Waals surface area contributed by atoms with E-state index < -0.39 is 14.9 Å². The fourth-order valence-corrected chi connectivity index (χ4v) is 4.71. The lowest BCUT2D eigenvalue weighted by atomic mass is 10.2. The number of thiophene rings is 1. The van der Waals surface area contributed by atoms with Crippen LogP contribution >= 0.6 is 11.3 Å². The quantitative estimate of drug-likeness (QED) is 0.441. The van der Waals surface area contributed by atoms with Crippen molar-refractivity contribution in [3.05, 3.63) is 75.7 Å². The van der Waals surface area contributed by atoms with Gasteiger partial charge >= 0.3 is 5.69 Å². The minimum atomic E-state index is -3.66. The van der Waals surface area contributed by atoms with Crippen LogP contribution in [0.3, 0.4) is 0 Å². The predicted octanol–water partition coefficient (Wildman–Crippen LogP) is 4.15. The zero-order valence-corrected chi connectivity index (χ0v) is 16.1. The van der Waals surface area contributed by atoms with Gasteiger partial charge in [0.1, 0.15) is 9.96 Å². The number of anilines is 1. The Morgan fingerprint density at radius 1 is 1.18 bits per heavy atom. The van der Waals surface area contributed by atoms with Gasteiger partial charge in [-0.3, -0.25) is 14.4 Å². The summed E-state index contributed by atoms with van der Waals surface area (Å²) in [5.41, 5.74) is 0.348. The molecule has 1 heterocycles. The number of hydrogen-bond acceptors (Lipinski definition) is 7. The molecule has 0 radical (unpaired) electrons. The first-order valence-corrected chi connectivity index (χ1v) is 10.1. The molecule has 8 nitrogen and oxygen atoms in total. The first kappa shape index (κ1) is 19.3. The van der Waals surface area contributed by atoms with Gasteiger partial charge in [-0.15, -0.1) is 11.3 Å². The van der Waals surface area contributed by atoms with E-state index in [0.717, 1.165) is 15.6 Å². The summed E-state index contributed by atoms with van der Waals surface area (Å²) in [5, 5.41) is 21.8. The van der Waals surface area contributed by atoms with E-state index in [1.54, 1.807) is 11.4 Å². The molecule has 2 aromatic carbocycles. The predicted molar refractivity (Wildman–Crippen MR) is 104 cm³/mol. The molecule has 1 aromatic heterocycles. The minimum Gasteiger partial charge on any atom is -0.450 e. The maximum Gasteiger partial charge on any atom is 0.311 e. The largest absolute Gasteiger partial charge is 0.450 e. The highest BCUT2D eigenvalue weighted by Crippen LogP contribution is 2.33. The Bertz CT molecular complexity index is 1150. The van der Waals surface area contributed by atoms with E-state index in [-0.39, 0.29) is 27.0 Å². The molecule has 0 saturated carbocycles. The highest BCUT2D eigenvalue weighted by Gasteiger charge is 2.22. The average molecular weight is 415 g/mol. The van der Waals surface area contributed by atoms with Crippen LogP contribution in [0.2, 0.25) is 0 Å². The molecule has 28 heavy (non-hydrogen) atoms. The maximum atomic E-state index is 12.6. The smallest absolute Gasteiger partial charge is 0.311 e. The number of hydrogen-bond donors (Lipinski definition) is 0. The molecular weight excluding hydrogens is 402 g/mol. The van der Waals surface area contributed by atoms with Crippen LogP contribution in [0, 0.1) is 21.4 Å². The van der Waals surface area contributed by atoms with Crippen LogP contribution in [0.4, 0.5) is 11.4 Å². The Balaban J connectivity index is 1.86. The number of nitro groups is 1. The van der Waals surface area contributed by atoms with Crippen LogP contribution in [-0.4, -0.2) is 20.4 Å². The molecule has 3 aromatic rings. The second-order valence-corrected chi connectivity index (χ2v) is 8.70. The van der Waals surface area contributed by atoms with E-state index in [9.17, 15) is 18.5 Å². The third-order valence-electron chi connectivity index (χ3n) is 3.82. The summed E-state index contributed by atoms with van der Waals surface area (Å²) in [4.78, 5) is 10.5. The van der Waals surface area contributed by atoms with E-state index in [0.29, 0.717) is 5.69 Å². The molecule has 0 aliphatic rings. The Morgan fingerprint density at radius 3 is 2.46 bits per heavy atom. The summed E-state index contributed by atoms with van der Waals surface area (Å²) in [6.45, 7) is 0. The topological polar surface area (TPSA) is 114 Å². The Labute approximate surface area is 165 Å². The van der Waals surface area contributed by atoms with Crippen LogP contribution in [0.1, 0.15) is 5.56 Å². The second-order valence-electron chi connectivity index (χ2n) is 5.55. The van der Waals surface area contributed by atoms with Crippen molar-refractivity contribution in [3.8, 4) is 17.6 Å². The van der Waals surface area contributed by atoms with Gasteiger partial charge in [0.2, 0.25) is 5.75 Å². The summed E-state index contributed by atoms with van der Waals surface area (Å²) in [5.74, 6) is 0.195. The zero-order chi connectivity index (χ0) is 20.3. The highest BCUT2D eigenvalue weighted by atomic mass is 32.2. The van der Waals surface area contributed by atoms with E-state index >= 15 is 0 Å². The molecule has 0 fully saturated rings. The van der Waals surface area contributed by atoms with Crippen molar-refractivity contribution in [2.45, 2.75) is 4.21 Å². The molecule has 0 amide bonds. The van der Waals surface area contributed by atoms with Gasteiger partial charge in [-0.1, -0.05) is 6.07 Å². The van der Waals surface area contributed by atoms with Gasteiger partial charge in [0.15, 0.2) is 0 Å². The fourth-order valence-electron chi connectivity index (χ4n) is 2.35. The fraction of sp³-hybridized carbons (Fsp3) is 0.0556. The molecule has 0 aliphatic carbocycles. The number of nitriles is 1. The molecule has 3 rings (SSSR count). The van der Waals surface area contributed by atoms with Crippen molar-refractivity contribution in [2.24, 2.45) is 0 Å². The number of nitro benzene ring substituents is 1. The molecule has 0 unspecified atom stereocenters. The Kier molecular flexibility index (Phi) is 5.30. The molecule has 10 heteroatoms. The number of benzene rings is 2. The summed E-state index contributed by atoms with van der Waals surface area (Å²) < 4.78 is 32.0.